The van der Waals surface area contributed by atoms with Crippen LogP contribution < -0.4 is 10.6 Å². The van der Waals surface area contributed by atoms with Crippen LogP contribution in [0.1, 0.15) is 19.8 Å². The molecular formula is C20H22ClN3O2. The number of halogens is 1. The largest absolute Gasteiger partial charge is 0.355 e. The molecule has 5 nitrogen and oxygen atoms in total. The average molecular weight is 372 g/mol. The number of nitrogens with zero attached hydrogens (tertiary/aromatic N) is 1. The van der Waals surface area contributed by atoms with Crippen molar-refractivity contribution in [3.05, 3.63) is 53.6 Å². The number of nitrogens with one attached hydrogen (secondary N) is 2. The highest BCUT2D eigenvalue weighted by molar-refractivity contribution is 6.30. The van der Waals surface area contributed by atoms with E-state index in [-0.39, 0.29) is 18.0 Å². The van der Waals surface area contributed by atoms with E-state index in [1.807, 2.05) is 55.5 Å². The van der Waals surface area contributed by atoms with E-state index in [0.717, 1.165) is 17.5 Å². The van der Waals surface area contributed by atoms with Gasteiger partial charge in [-0.3, -0.25) is 4.79 Å². The molecule has 0 radical (unpaired) electrons. The predicted molar refractivity (Wildman–Crippen MR) is 104 cm³/mol. The van der Waals surface area contributed by atoms with Gasteiger partial charge < -0.3 is 15.5 Å². The average Bonchev–Trinajstić information content (AvgIpc) is 3.12. The summed E-state index contributed by atoms with van der Waals surface area (Å²) >= 11 is 6.03. The van der Waals surface area contributed by atoms with Crippen molar-refractivity contribution in [1.29, 1.82) is 0 Å². The van der Waals surface area contributed by atoms with Crippen LogP contribution in [0.15, 0.2) is 48.5 Å². The lowest BCUT2D eigenvalue weighted by Gasteiger charge is -2.24. The van der Waals surface area contributed by atoms with Crippen LogP contribution >= 0.6 is 11.6 Å². The third-order valence-electron chi connectivity index (χ3n) is 4.46. The fourth-order valence-electron chi connectivity index (χ4n) is 3.18. The van der Waals surface area contributed by atoms with Gasteiger partial charge in [-0.1, -0.05) is 35.9 Å². The van der Waals surface area contributed by atoms with E-state index in [0.29, 0.717) is 30.2 Å². The number of likely N-dealkylation sites (tertiary alicyclic amines) is 1. The van der Waals surface area contributed by atoms with E-state index >= 15 is 0 Å². The van der Waals surface area contributed by atoms with Gasteiger partial charge in [0.1, 0.15) is 6.04 Å². The number of amides is 3. The number of urea groups is 1. The summed E-state index contributed by atoms with van der Waals surface area (Å²) in [5.74, 6) is -0.0866. The van der Waals surface area contributed by atoms with Crippen LogP contribution in [0.4, 0.5) is 10.5 Å². The number of carbonyl (C=O) groups excluding carboxylic acids is 2. The molecular weight excluding hydrogens is 350 g/mol. The highest BCUT2D eigenvalue weighted by Crippen LogP contribution is 2.25. The van der Waals surface area contributed by atoms with Crippen LogP contribution in [-0.4, -0.2) is 36.0 Å². The fraction of sp³-hybridized carbons (Fsp3) is 0.300. The summed E-state index contributed by atoms with van der Waals surface area (Å²) in [4.78, 5) is 26.3. The molecule has 0 saturated carbocycles. The van der Waals surface area contributed by atoms with Gasteiger partial charge in [-0.2, -0.15) is 0 Å². The van der Waals surface area contributed by atoms with Crippen LogP contribution in [-0.2, 0) is 4.79 Å². The van der Waals surface area contributed by atoms with Crippen LogP contribution in [0.5, 0.6) is 0 Å². The van der Waals surface area contributed by atoms with Gasteiger partial charge in [0.15, 0.2) is 0 Å². The van der Waals surface area contributed by atoms with E-state index in [2.05, 4.69) is 10.6 Å². The molecule has 1 atom stereocenters. The van der Waals surface area contributed by atoms with Crippen LogP contribution in [0, 0.1) is 0 Å². The Morgan fingerprint density at radius 3 is 2.62 bits per heavy atom. The minimum Gasteiger partial charge on any atom is -0.355 e. The van der Waals surface area contributed by atoms with Gasteiger partial charge in [-0.05, 0) is 55.2 Å². The Hall–Kier alpha value is -2.53. The van der Waals surface area contributed by atoms with Gasteiger partial charge in [0.05, 0.1) is 0 Å². The van der Waals surface area contributed by atoms with Crippen molar-refractivity contribution in [3.8, 4) is 11.1 Å². The van der Waals surface area contributed by atoms with E-state index in [4.69, 9.17) is 11.6 Å². The first-order valence-electron chi connectivity index (χ1n) is 8.80. The molecule has 2 aromatic rings. The summed E-state index contributed by atoms with van der Waals surface area (Å²) in [5, 5.41) is 6.36. The smallest absolute Gasteiger partial charge is 0.322 e. The normalized spacial score (nSPS) is 16.4. The zero-order valence-corrected chi connectivity index (χ0v) is 15.4. The van der Waals surface area contributed by atoms with Gasteiger partial charge in [-0.25, -0.2) is 4.79 Å². The monoisotopic (exact) mass is 371 g/mol. The van der Waals surface area contributed by atoms with Crippen LogP contribution in [0.25, 0.3) is 11.1 Å². The lowest BCUT2D eigenvalue weighted by atomic mass is 10.1. The van der Waals surface area contributed by atoms with Crippen LogP contribution in [0.2, 0.25) is 5.02 Å². The van der Waals surface area contributed by atoms with Gasteiger partial charge in [0.25, 0.3) is 0 Å². The molecule has 0 spiro atoms. The molecule has 2 aromatic carbocycles. The predicted octanol–water partition coefficient (Wildman–Crippen LogP) is 4.14. The van der Waals surface area contributed by atoms with Crippen molar-refractivity contribution >= 4 is 29.2 Å². The highest BCUT2D eigenvalue weighted by Gasteiger charge is 2.33. The zero-order valence-electron chi connectivity index (χ0n) is 14.7. The molecule has 6 heteroatoms. The molecule has 3 rings (SSSR count). The van der Waals surface area contributed by atoms with Crippen LogP contribution in [0.3, 0.4) is 0 Å². The first kappa shape index (κ1) is 18.3. The quantitative estimate of drug-likeness (QED) is 0.848. The van der Waals surface area contributed by atoms with Crippen molar-refractivity contribution in [3.63, 3.8) is 0 Å². The molecule has 3 amide bonds. The summed E-state index contributed by atoms with van der Waals surface area (Å²) in [7, 11) is 0. The second kappa shape index (κ2) is 8.23. The number of hydrogen-bond acceptors (Lipinski definition) is 2. The highest BCUT2D eigenvalue weighted by atomic mass is 35.5. The number of benzene rings is 2. The molecule has 136 valence electrons. The number of carbonyl (C=O) groups is 2. The molecule has 0 aliphatic carbocycles. The zero-order chi connectivity index (χ0) is 18.5. The second-order valence-electron chi connectivity index (χ2n) is 6.26. The van der Waals surface area contributed by atoms with Crippen molar-refractivity contribution in [1.82, 2.24) is 10.2 Å². The Balaban J connectivity index is 1.67. The fourth-order valence-corrected chi connectivity index (χ4v) is 3.37. The third kappa shape index (κ3) is 4.17. The van der Waals surface area contributed by atoms with Crippen molar-refractivity contribution in [2.45, 2.75) is 25.8 Å². The second-order valence-corrected chi connectivity index (χ2v) is 6.70. The Morgan fingerprint density at radius 2 is 1.92 bits per heavy atom. The SMILES string of the molecule is CCNC(=O)[C@@H]1CCCN1C(=O)Nc1ccc(-c2cccc(Cl)c2)cc1. The maximum atomic E-state index is 12.6. The molecule has 0 bridgehead atoms. The number of likely N-dealkylation sites (N-methyl/N-ethyl adjacent to an activating group) is 1. The maximum absolute atomic E-state index is 12.6. The maximum Gasteiger partial charge on any atom is 0.322 e. The van der Waals surface area contributed by atoms with Gasteiger partial charge in [0, 0.05) is 23.8 Å². The topological polar surface area (TPSA) is 61.4 Å². The van der Waals surface area contributed by atoms with Crippen molar-refractivity contribution in [2.24, 2.45) is 0 Å². The number of anilines is 1. The Kier molecular flexibility index (Phi) is 5.78. The molecule has 0 unspecified atom stereocenters. The standard InChI is InChI=1S/C20H22ClN3O2/c1-2-22-19(25)18-7-4-12-24(18)20(26)23-17-10-8-14(9-11-17)15-5-3-6-16(21)13-15/h3,5-6,8-11,13,18H,2,4,7,12H2,1H3,(H,22,25)(H,23,26)/t18-/m0/s1. The first-order valence-corrected chi connectivity index (χ1v) is 9.17. The van der Waals surface area contributed by atoms with Gasteiger partial charge in [0.2, 0.25) is 5.91 Å². The van der Waals surface area contributed by atoms with E-state index in [1.54, 1.807) is 4.90 Å². The molecule has 1 aliphatic rings. The van der Waals surface area contributed by atoms with Crippen molar-refractivity contribution in [2.75, 3.05) is 18.4 Å². The molecule has 1 aliphatic heterocycles. The summed E-state index contributed by atoms with van der Waals surface area (Å²) in [6.45, 7) is 3.03. The molecule has 0 aromatic heterocycles. The summed E-state index contributed by atoms with van der Waals surface area (Å²) in [6, 6.07) is 14.6. The Bertz CT molecular complexity index is 792. The van der Waals surface area contributed by atoms with Crippen molar-refractivity contribution < 1.29 is 9.59 Å². The Labute approximate surface area is 158 Å². The summed E-state index contributed by atoms with van der Waals surface area (Å²) < 4.78 is 0. The molecule has 1 saturated heterocycles. The lowest BCUT2D eigenvalue weighted by molar-refractivity contribution is -0.124. The van der Waals surface area contributed by atoms with Gasteiger partial charge >= 0.3 is 6.03 Å². The molecule has 1 heterocycles. The lowest BCUT2D eigenvalue weighted by Crippen LogP contribution is -2.47. The van der Waals surface area contributed by atoms with E-state index in [1.165, 1.54) is 0 Å². The molecule has 26 heavy (non-hydrogen) atoms. The number of hydrogen-bond donors (Lipinski definition) is 2. The minimum atomic E-state index is -0.388. The minimum absolute atomic E-state index is 0.0866. The van der Waals surface area contributed by atoms with Gasteiger partial charge in [-0.15, -0.1) is 0 Å². The summed E-state index contributed by atoms with van der Waals surface area (Å²) in [5.41, 5.74) is 2.74. The van der Waals surface area contributed by atoms with E-state index < -0.39 is 0 Å². The molecule has 1 fully saturated rings. The Morgan fingerprint density at radius 1 is 1.15 bits per heavy atom. The first-order chi connectivity index (χ1) is 12.6. The molecule has 2 N–H and O–H groups in total. The number of rotatable bonds is 4. The third-order valence-corrected chi connectivity index (χ3v) is 4.70. The summed E-state index contributed by atoms with van der Waals surface area (Å²) in [6.07, 6.45) is 1.54. The van der Waals surface area contributed by atoms with E-state index in [9.17, 15) is 9.59 Å².